The predicted octanol–water partition coefficient (Wildman–Crippen LogP) is 2.18. The Balaban J connectivity index is 2.77. The number of hydrogen-bond donors (Lipinski definition) is 1. The Hall–Kier alpha value is -0.600. The summed E-state index contributed by atoms with van der Waals surface area (Å²) in [5, 5.41) is 8.78. The third-order valence-corrected chi connectivity index (χ3v) is 5.62. The van der Waals surface area contributed by atoms with Gasteiger partial charge in [-0.3, -0.25) is 0 Å². The standard InChI is InChI=1S/C12H22N2O2S/c1-4-11-5-7-12(9-13,8-6-11)14-17(15,16)10(2)3/h10-11,14H,4-8H2,1-3H3. The zero-order valence-electron chi connectivity index (χ0n) is 10.9. The summed E-state index contributed by atoms with van der Waals surface area (Å²) in [7, 11) is -3.37. The van der Waals surface area contributed by atoms with Crippen LogP contribution in [0.2, 0.25) is 0 Å². The van der Waals surface area contributed by atoms with Crippen molar-refractivity contribution in [2.75, 3.05) is 0 Å². The van der Waals surface area contributed by atoms with Crippen LogP contribution in [0.15, 0.2) is 0 Å². The lowest BCUT2D eigenvalue weighted by molar-refractivity contribution is 0.258. The van der Waals surface area contributed by atoms with Gasteiger partial charge < -0.3 is 0 Å². The first-order valence-corrected chi connectivity index (χ1v) is 7.84. The number of nitrogens with zero attached hydrogens (tertiary/aromatic N) is 1. The van der Waals surface area contributed by atoms with E-state index in [0.717, 1.165) is 19.3 Å². The first-order valence-electron chi connectivity index (χ1n) is 6.29. The van der Waals surface area contributed by atoms with Crippen LogP contribution in [0, 0.1) is 17.2 Å². The SMILES string of the molecule is CCC1CCC(C#N)(NS(=O)(=O)C(C)C)CC1. The Morgan fingerprint density at radius 1 is 1.41 bits per heavy atom. The van der Waals surface area contributed by atoms with E-state index >= 15 is 0 Å². The van der Waals surface area contributed by atoms with Gasteiger partial charge in [0.05, 0.1) is 11.3 Å². The van der Waals surface area contributed by atoms with Crippen LogP contribution < -0.4 is 4.72 Å². The molecule has 0 aromatic carbocycles. The van der Waals surface area contributed by atoms with Crippen LogP contribution in [0.25, 0.3) is 0 Å². The number of rotatable bonds is 4. The predicted molar refractivity (Wildman–Crippen MR) is 67.8 cm³/mol. The van der Waals surface area contributed by atoms with Crippen molar-refractivity contribution < 1.29 is 8.42 Å². The van der Waals surface area contributed by atoms with Crippen LogP contribution in [0.3, 0.4) is 0 Å². The molecule has 0 aromatic rings. The molecule has 0 unspecified atom stereocenters. The molecule has 1 fully saturated rings. The van der Waals surface area contributed by atoms with Crippen molar-refractivity contribution in [3.63, 3.8) is 0 Å². The van der Waals surface area contributed by atoms with Gasteiger partial charge in [-0.1, -0.05) is 13.3 Å². The highest BCUT2D eigenvalue weighted by Gasteiger charge is 2.39. The largest absolute Gasteiger partial charge is 0.215 e. The molecule has 1 rings (SSSR count). The molecular formula is C12H22N2O2S. The van der Waals surface area contributed by atoms with E-state index in [1.807, 2.05) is 0 Å². The number of hydrogen-bond acceptors (Lipinski definition) is 3. The van der Waals surface area contributed by atoms with Crippen LogP contribution >= 0.6 is 0 Å². The zero-order valence-corrected chi connectivity index (χ0v) is 11.7. The smallest absolute Gasteiger partial charge is 0.212 e. The van der Waals surface area contributed by atoms with E-state index in [-0.39, 0.29) is 0 Å². The first-order chi connectivity index (χ1) is 7.85. The van der Waals surface area contributed by atoms with Crippen molar-refractivity contribution in [1.29, 1.82) is 5.26 Å². The van der Waals surface area contributed by atoms with E-state index in [9.17, 15) is 13.7 Å². The fraction of sp³-hybridized carbons (Fsp3) is 0.917. The molecule has 0 amide bonds. The minimum Gasteiger partial charge on any atom is -0.212 e. The topological polar surface area (TPSA) is 70.0 Å². The van der Waals surface area contributed by atoms with Crippen molar-refractivity contribution in [2.45, 2.75) is 63.7 Å². The van der Waals surface area contributed by atoms with Gasteiger partial charge in [0.15, 0.2) is 0 Å². The summed E-state index contributed by atoms with van der Waals surface area (Å²) >= 11 is 0. The van der Waals surface area contributed by atoms with E-state index in [0.29, 0.717) is 18.8 Å². The van der Waals surface area contributed by atoms with Gasteiger partial charge in [-0.15, -0.1) is 0 Å². The second-order valence-corrected chi connectivity index (χ2v) is 7.48. The summed E-state index contributed by atoms with van der Waals surface area (Å²) in [6.45, 7) is 5.40. The summed E-state index contributed by atoms with van der Waals surface area (Å²) in [6.07, 6.45) is 4.25. The maximum Gasteiger partial charge on any atom is 0.215 e. The molecule has 0 spiro atoms. The average molecular weight is 258 g/mol. The van der Waals surface area contributed by atoms with Crippen molar-refractivity contribution in [3.8, 4) is 6.07 Å². The second-order valence-electron chi connectivity index (χ2n) is 5.24. The van der Waals surface area contributed by atoms with Crippen LogP contribution in [0.1, 0.15) is 52.9 Å². The summed E-state index contributed by atoms with van der Waals surface area (Å²) in [5.74, 6) is 0.639. The maximum atomic E-state index is 11.9. The van der Waals surface area contributed by atoms with E-state index in [1.54, 1.807) is 13.8 Å². The van der Waals surface area contributed by atoms with Crippen LogP contribution in [0.4, 0.5) is 0 Å². The van der Waals surface area contributed by atoms with E-state index < -0.39 is 20.8 Å². The molecule has 17 heavy (non-hydrogen) atoms. The average Bonchev–Trinajstić information content (AvgIpc) is 2.29. The van der Waals surface area contributed by atoms with Crippen LogP contribution in [-0.2, 0) is 10.0 Å². The fourth-order valence-electron chi connectivity index (χ4n) is 2.21. The second kappa shape index (κ2) is 5.36. The Bertz CT molecular complexity index is 387. The molecule has 0 saturated heterocycles. The lowest BCUT2D eigenvalue weighted by Crippen LogP contribution is -2.51. The molecule has 1 aliphatic carbocycles. The highest BCUT2D eigenvalue weighted by molar-refractivity contribution is 7.90. The number of nitriles is 1. The van der Waals surface area contributed by atoms with Crippen molar-refractivity contribution in [1.82, 2.24) is 4.72 Å². The van der Waals surface area contributed by atoms with Gasteiger partial charge in [-0.2, -0.15) is 9.98 Å². The minimum atomic E-state index is -3.37. The minimum absolute atomic E-state index is 0.489. The van der Waals surface area contributed by atoms with Gasteiger partial charge in [-0.05, 0) is 45.4 Å². The third-order valence-electron chi connectivity index (χ3n) is 3.71. The van der Waals surface area contributed by atoms with Crippen LogP contribution in [0.5, 0.6) is 0 Å². The third kappa shape index (κ3) is 3.43. The highest BCUT2D eigenvalue weighted by Crippen LogP contribution is 2.34. The van der Waals surface area contributed by atoms with Gasteiger partial charge >= 0.3 is 0 Å². The molecule has 1 saturated carbocycles. The molecule has 0 aliphatic heterocycles. The molecule has 98 valence electrons. The first kappa shape index (κ1) is 14.5. The van der Waals surface area contributed by atoms with E-state index in [2.05, 4.69) is 17.7 Å². The molecule has 4 nitrogen and oxygen atoms in total. The normalized spacial score (nSPS) is 30.2. The molecule has 0 radical (unpaired) electrons. The van der Waals surface area contributed by atoms with Gasteiger partial charge in [0.2, 0.25) is 10.0 Å². The Morgan fingerprint density at radius 2 is 1.94 bits per heavy atom. The van der Waals surface area contributed by atoms with Gasteiger partial charge in [0, 0.05) is 0 Å². The van der Waals surface area contributed by atoms with Gasteiger partial charge in [-0.25, -0.2) is 8.42 Å². The molecule has 0 bridgehead atoms. The summed E-state index contributed by atoms with van der Waals surface area (Å²) in [5.41, 5.74) is -0.866. The summed E-state index contributed by atoms with van der Waals surface area (Å²) in [6, 6.07) is 2.18. The Morgan fingerprint density at radius 3 is 2.29 bits per heavy atom. The summed E-state index contributed by atoms with van der Waals surface area (Å²) in [4.78, 5) is 0. The molecule has 5 heteroatoms. The van der Waals surface area contributed by atoms with Gasteiger partial charge in [0.25, 0.3) is 0 Å². The molecule has 0 aromatic heterocycles. The monoisotopic (exact) mass is 258 g/mol. The van der Waals surface area contributed by atoms with Crippen molar-refractivity contribution >= 4 is 10.0 Å². The molecule has 0 atom stereocenters. The molecule has 0 heterocycles. The lowest BCUT2D eigenvalue weighted by Gasteiger charge is -2.35. The molecular weight excluding hydrogens is 236 g/mol. The van der Waals surface area contributed by atoms with E-state index in [1.165, 1.54) is 0 Å². The number of nitrogens with one attached hydrogen (secondary N) is 1. The molecule has 1 aliphatic rings. The van der Waals surface area contributed by atoms with Crippen molar-refractivity contribution in [3.05, 3.63) is 0 Å². The Kier molecular flexibility index (Phi) is 4.56. The quantitative estimate of drug-likeness (QED) is 0.840. The maximum absolute atomic E-state index is 11.9. The zero-order chi connectivity index (χ0) is 13.1. The fourth-order valence-corrected chi connectivity index (χ4v) is 3.24. The Labute approximate surface area is 104 Å². The van der Waals surface area contributed by atoms with E-state index in [4.69, 9.17) is 0 Å². The lowest BCUT2D eigenvalue weighted by atomic mass is 9.77. The van der Waals surface area contributed by atoms with Crippen LogP contribution in [-0.4, -0.2) is 19.2 Å². The highest BCUT2D eigenvalue weighted by atomic mass is 32.2. The van der Waals surface area contributed by atoms with Gasteiger partial charge in [0.1, 0.15) is 5.54 Å². The number of sulfonamides is 1. The molecule has 1 N–H and O–H groups in total. The van der Waals surface area contributed by atoms with Crippen molar-refractivity contribution in [2.24, 2.45) is 5.92 Å². The summed E-state index contributed by atoms with van der Waals surface area (Å²) < 4.78 is 26.3.